The van der Waals surface area contributed by atoms with Crippen molar-refractivity contribution in [2.75, 3.05) is 7.11 Å². The first-order chi connectivity index (χ1) is 12.1. The molecule has 0 spiro atoms. The van der Waals surface area contributed by atoms with Gasteiger partial charge in [-0.2, -0.15) is 0 Å². The van der Waals surface area contributed by atoms with Crippen LogP contribution in [0.15, 0.2) is 46.7 Å². The molecule has 0 aliphatic heterocycles. The van der Waals surface area contributed by atoms with Crippen molar-refractivity contribution in [1.29, 1.82) is 0 Å². The molecule has 0 saturated carbocycles. The first-order valence-electron chi connectivity index (χ1n) is 7.92. The summed E-state index contributed by atoms with van der Waals surface area (Å²) in [5, 5.41) is 3.82. The van der Waals surface area contributed by atoms with Crippen LogP contribution in [-0.2, 0) is 0 Å². The van der Waals surface area contributed by atoms with E-state index in [1.54, 1.807) is 13.3 Å². The SMILES string of the molecule is COc1ccc2[nH]c(=O)c3sccc3c2c1-c1ccc(C(C)N)nc1. The number of aromatic amines is 1. The highest BCUT2D eigenvalue weighted by Gasteiger charge is 2.16. The van der Waals surface area contributed by atoms with Crippen LogP contribution in [0.4, 0.5) is 0 Å². The van der Waals surface area contributed by atoms with Gasteiger partial charge in [-0.15, -0.1) is 11.3 Å². The summed E-state index contributed by atoms with van der Waals surface area (Å²) in [5.74, 6) is 0.738. The summed E-state index contributed by atoms with van der Waals surface area (Å²) in [6.07, 6.45) is 1.80. The van der Waals surface area contributed by atoms with Gasteiger partial charge in [0.1, 0.15) is 10.4 Å². The molecular formula is C19H17N3O2S. The fourth-order valence-electron chi connectivity index (χ4n) is 3.11. The van der Waals surface area contributed by atoms with Crippen LogP contribution >= 0.6 is 11.3 Å². The molecule has 0 saturated heterocycles. The van der Waals surface area contributed by atoms with E-state index >= 15 is 0 Å². The summed E-state index contributed by atoms with van der Waals surface area (Å²) in [6, 6.07) is 9.51. The second-order valence-corrected chi connectivity index (χ2v) is 6.86. The molecule has 0 aliphatic carbocycles. The van der Waals surface area contributed by atoms with Crippen LogP contribution < -0.4 is 16.0 Å². The molecule has 1 unspecified atom stereocenters. The first kappa shape index (κ1) is 15.8. The third-order valence-corrected chi connectivity index (χ3v) is 5.23. The highest BCUT2D eigenvalue weighted by atomic mass is 32.1. The average Bonchev–Trinajstić information content (AvgIpc) is 3.11. The molecule has 6 heteroatoms. The fourth-order valence-corrected chi connectivity index (χ4v) is 3.90. The number of nitrogens with zero attached hydrogens (tertiary/aromatic N) is 1. The van der Waals surface area contributed by atoms with E-state index in [1.165, 1.54) is 11.3 Å². The summed E-state index contributed by atoms with van der Waals surface area (Å²) in [7, 11) is 1.64. The number of methoxy groups -OCH3 is 1. The smallest absolute Gasteiger partial charge is 0.266 e. The Hall–Kier alpha value is -2.70. The predicted octanol–water partition coefficient (Wildman–Crippen LogP) is 3.83. The predicted molar refractivity (Wildman–Crippen MR) is 102 cm³/mol. The number of thiophene rings is 1. The lowest BCUT2D eigenvalue weighted by molar-refractivity contribution is 0.417. The van der Waals surface area contributed by atoms with Crippen LogP contribution in [0.5, 0.6) is 5.75 Å². The fraction of sp³-hybridized carbons (Fsp3) is 0.158. The average molecular weight is 351 g/mol. The molecule has 0 fully saturated rings. The number of aromatic nitrogens is 2. The minimum atomic E-state index is -0.122. The van der Waals surface area contributed by atoms with E-state index in [0.717, 1.165) is 38.9 Å². The number of pyridine rings is 2. The Labute approximate surface area is 148 Å². The van der Waals surface area contributed by atoms with Gasteiger partial charge in [0, 0.05) is 39.7 Å². The van der Waals surface area contributed by atoms with Crippen LogP contribution in [0.3, 0.4) is 0 Å². The Morgan fingerprint density at radius 3 is 2.76 bits per heavy atom. The molecule has 25 heavy (non-hydrogen) atoms. The number of benzene rings is 1. The van der Waals surface area contributed by atoms with Gasteiger partial charge in [0.2, 0.25) is 0 Å². The van der Waals surface area contributed by atoms with Gasteiger partial charge in [0.25, 0.3) is 5.56 Å². The second-order valence-electron chi connectivity index (χ2n) is 5.94. The zero-order valence-electron chi connectivity index (χ0n) is 13.9. The van der Waals surface area contributed by atoms with E-state index in [-0.39, 0.29) is 11.6 Å². The van der Waals surface area contributed by atoms with Crippen molar-refractivity contribution < 1.29 is 4.74 Å². The Morgan fingerprint density at radius 2 is 2.08 bits per heavy atom. The summed E-state index contributed by atoms with van der Waals surface area (Å²) in [5.41, 5.74) is 9.28. The Bertz CT molecular complexity index is 1130. The third kappa shape index (κ3) is 2.50. The number of nitrogens with two attached hydrogens (primary N) is 1. The molecule has 3 N–H and O–H groups in total. The van der Waals surface area contributed by atoms with Gasteiger partial charge in [0.15, 0.2) is 0 Å². The van der Waals surface area contributed by atoms with Crippen LogP contribution in [0.2, 0.25) is 0 Å². The van der Waals surface area contributed by atoms with Crippen LogP contribution in [0, 0.1) is 0 Å². The van der Waals surface area contributed by atoms with Gasteiger partial charge in [-0.3, -0.25) is 9.78 Å². The number of hydrogen-bond acceptors (Lipinski definition) is 5. The largest absolute Gasteiger partial charge is 0.496 e. The number of H-pyrrole nitrogens is 1. The standard InChI is InChI=1S/C19H17N3O2S/c1-10(20)13-4-3-11(9-21-13)16-15(24-2)6-5-14-17(16)12-7-8-25-18(12)19(23)22-14/h3-10H,20H2,1-2H3,(H,22,23). The zero-order chi connectivity index (χ0) is 17.6. The lowest BCUT2D eigenvalue weighted by Crippen LogP contribution is -2.07. The minimum Gasteiger partial charge on any atom is -0.496 e. The maximum absolute atomic E-state index is 12.3. The minimum absolute atomic E-state index is 0.0703. The molecule has 0 aliphatic rings. The summed E-state index contributed by atoms with van der Waals surface area (Å²) < 4.78 is 6.31. The molecule has 0 bridgehead atoms. The summed E-state index contributed by atoms with van der Waals surface area (Å²) in [6.45, 7) is 1.90. The van der Waals surface area contributed by atoms with E-state index in [9.17, 15) is 4.79 Å². The maximum atomic E-state index is 12.3. The molecular weight excluding hydrogens is 334 g/mol. The van der Waals surface area contributed by atoms with Crippen LogP contribution in [0.25, 0.3) is 32.1 Å². The molecule has 3 heterocycles. The lowest BCUT2D eigenvalue weighted by Gasteiger charge is -2.14. The molecule has 1 aromatic carbocycles. The Balaban J connectivity index is 2.10. The molecule has 3 aromatic heterocycles. The first-order valence-corrected chi connectivity index (χ1v) is 8.80. The molecule has 5 nitrogen and oxygen atoms in total. The van der Waals surface area contributed by atoms with Gasteiger partial charge >= 0.3 is 0 Å². The highest BCUT2D eigenvalue weighted by molar-refractivity contribution is 7.17. The van der Waals surface area contributed by atoms with E-state index in [2.05, 4.69) is 9.97 Å². The van der Waals surface area contributed by atoms with E-state index < -0.39 is 0 Å². The second kappa shape index (κ2) is 5.98. The Kier molecular flexibility index (Phi) is 3.78. The summed E-state index contributed by atoms with van der Waals surface area (Å²) >= 11 is 1.44. The monoisotopic (exact) mass is 351 g/mol. The molecule has 126 valence electrons. The van der Waals surface area contributed by atoms with E-state index in [0.29, 0.717) is 4.70 Å². The van der Waals surface area contributed by atoms with Crippen molar-refractivity contribution in [2.45, 2.75) is 13.0 Å². The molecule has 1 atom stereocenters. The van der Waals surface area contributed by atoms with Crippen molar-refractivity contribution in [2.24, 2.45) is 5.73 Å². The van der Waals surface area contributed by atoms with Gasteiger partial charge < -0.3 is 15.5 Å². The quantitative estimate of drug-likeness (QED) is 0.588. The lowest BCUT2D eigenvalue weighted by atomic mass is 9.98. The van der Waals surface area contributed by atoms with Crippen molar-refractivity contribution in [3.63, 3.8) is 0 Å². The number of fused-ring (bicyclic) bond motifs is 3. The van der Waals surface area contributed by atoms with Gasteiger partial charge in [-0.05, 0) is 36.6 Å². The van der Waals surface area contributed by atoms with Crippen molar-refractivity contribution >= 4 is 32.3 Å². The molecule has 4 rings (SSSR count). The molecule has 0 radical (unpaired) electrons. The number of ether oxygens (including phenoxy) is 1. The van der Waals surface area contributed by atoms with E-state index in [1.807, 2.05) is 42.6 Å². The van der Waals surface area contributed by atoms with Crippen molar-refractivity contribution in [1.82, 2.24) is 9.97 Å². The zero-order valence-corrected chi connectivity index (χ0v) is 14.7. The van der Waals surface area contributed by atoms with Gasteiger partial charge in [0.05, 0.1) is 12.8 Å². The number of hydrogen-bond donors (Lipinski definition) is 2. The third-order valence-electron chi connectivity index (χ3n) is 4.32. The highest BCUT2D eigenvalue weighted by Crippen LogP contribution is 2.39. The Morgan fingerprint density at radius 1 is 1.24 bits per heavy atom. The van der Waals surface area contributed by atoms with Gasteiger partial charge in [-0.25, -0.2) is 0 Å². The van der Waals surface area contributed by atoms with Gasteiger partial charge in [-0.1, -0.05) is 6.07 Å². The number of rotatable bonds is 3. The van der Waals surface area contributed by atoms with Crippen LogP contribution in [0.1, 0.15) is 18.7 Å². The number of nitrogens with one attached hydrogen (secondary N) is 1. The normalized spacial score (nSPS) is 12.6. The molecule has 0 amide bonds. The van der Waals surface area contributed by atoms with Crippen molar-refractivity contribution in [3.8, 4) is 16.9 Å². The molecule has 4 aromatic rings. The van der Waals surface area contributed by atoms with Crippen LogP contribution in [-0.4, -0.2) is 17.1 Å². The van der Waals surface area contributed by atoms with E-state index in [4.69, 9.17) is 10.5 Å². The van der Waals surface area contributed by atoms with Crippen molar-refractivity contribution in [3.05, 3.63) is 58.0 Å². The topological polar surface area (TPSA) is 81.0 Å². The summed E-state index contributed by atoms with van der Waals surface area (Å²) in [4.78, 5) is 19.7. The maximum Gasteiger partial charge on any atom is 0.266 e.